The molecule has 1 atom stereocenters. The van der Waals surface area contributed by atoms with Crippen molar-refractivity contribution in [1.82, 2.24) is 15.2 Å². The molecule has 0 fully saturated rings. The number of carbonyl (C=O) groups excluding carboxylic acids is 1. The molecule has 0 saturated carbocycles. The Bertz CT molecular complexity index is 496. The van der Waals surface area contributed by atoms with Crippen molar-refractivity contribution in [3.63, 3.8) is 0 Å². The number of carbonyl (C=O) groups is 2. The first kappa shape index (κ1) is 17.3. The highest BCUT2D eigenvalue weighted by Crippen LogP contribution is 2.04. The zero-order valence-electron chi connectivity index (χ0n) is 12.5. The molecule has 0 unspecified atom stereocenters. The average Bonchev–Trinajstić information content (AvgIpc) is 2.42. The summed E-state index contributed by atoms with van der Waals surface area (Å²) in [6.45, 7) is 2.22. The van der Waals surface area contributed by atoms with Gasteiger partial charge in [-0.2, -0.15) is 11.8 Å². The van der Waals surface area contributed by atoms with Gasteiger partial charge in [0.1, 0.15) is 6.04 Å². The van der Waals surface area contributed by atoms with Crippen molar-refractivity contribution in [3.8, 4) is 0 Å². The number of urea groups is 1. The van der Waals surface area contributed by atoms with E-state index in [1.807, 2.05) is 31.4 Å². The fourth-order valence-corrected chi connectivity index (χ4v) is 2.23. The number of carboxylic acids is 1. The Hall–Kier alpha value is -1.76. The number of aliphatic carboxylic acids is 1. The standard InChI is InChI=1S/C14H21N3O3S/c1-10-5-4-6-11(15-10)9-17(2)14(20)16-12(13(18)19)7-8-21-3/h4-6,12H,7-9H2,1-3H3,(H,16,20)(H,18,19)/t12-/m1/s1. The van der Waals surface area contributed by atoms with Crippen LogP contribution in [0.15, 0.2) is 18.2 Å². The summed E-state index contributed by atoms with van der Waals surface area (Å²) in [6.07, 6.45) is 2.30. The molecule has 116 valence electrons. The van der Waals surface area contributed by atoms with E-state index in [0.29, 0.717) is 18.7 Å². The summed E-state index contributed by atoms with van der Waals surface area (Å²) in [5, 5.41) is 11.6. The molecule has 1 rings (SSSR count). The van der Waals surface area contributed by atoms with Crippen LogP contribution in [0, 0.1) is 6.92 Å². The highest BCUT2D eigenvalue weighted by Gasteiger charge is 2.21. The molecule has 0 radical (unpaired) electrons. The molecule has 7 heteroatoms. The van der Waals surface area contributed by atoms with Gasteiger partial charge in [0.05, 0.1) is 12.2 Å². The fourth-order valence-electron chi connectivity index (χ4n) is 1.75. The second kappa shape index (κ2) is 8.51. The quantitative estimate of drug-likeness (QED) is 0.801. The molecule has 0 aromatic carbocycles. The van der Waals surface area contributed by atoms with Gasteiger partial charge in [0.2, 0.25) is 0 Å². The number of amides is 2. The van der Waals surface area contributed by atoms with Crippen LogP contribution in [0.4, 0.5) is 4.79 Å². The molecule has 21 heavy (non-hydrogen) atoms. The summed E-state index contributed by atoms with van der Waals surface area (Å²) in [5.74, 6) is -0.333. The number of aromatic nitrogens is 1. The summed E-state index contributed by atoms with van der Waals surface area (Å²) in [7, 11) is 1.62. The molecule has 2 N–H and O–H groups in total. The van der Waals surface area contributed by atoms with Gasteiger partial charge in [0.25, 0.3) is 0 Å². The van der Waals surface area contributed by atoms with Crippen molar-refractivity contribution < 1.29 is 14.7 Å². The van der Waals surface area contributed by atoms with E-state index in [9.17, 15) is 9.59 Å². The predicted octanol–water partition coefficient (Wildman–Crippen LogP) is 1.74. The van der Waals surface area contributed by atoms with Crippen LogP contribution in [0.5, 0.6) is 0 Å². The number of nitrogens with zero attached hydrogens (tertiary/aromatic N) is 2. The van der Waals surface area contributed by atoms with E-state index >= 15 is 0 Å². The van der Waals surface area contributed by atoms with Crippen LogP contribution in [0.2, 0.25) is 0 Å². The first-order valence-electron chi connectivity index (χ1n) is 6.60. The van der Waals surface area contributed by atoms with Crippen molar-refractivity contribution in [2.75, 3.05) is 19.1 Å². The maximum Gasteiger partial charge on any atom is 0.326 e. The van der Waals surface area contributed by atoms with E-state index in [2.05, 4.69) is 10.3 Å². The molecule has 1 heterocycles. The minimum atomic E-state index is -1.01. The van der Waals surface area contributed by atoms with Crippen molar-refractivity contribution in [2.45, 2.75) is 25.9 Å². The number of aryl methyl sites for hydroxylation is 1. The van der Waals surface area contributed by atoms with Crippen molar-refractivity contribution in [1.29, 1.82) is 0 Å². The highest BCUT2D eigenvalue weighted by molar-refractivity contribution is 7.98. The topological polar surface area (TPSA) is 82.5 Å². The number of carboxylic acid groups (broad SMARTS) is 1. The molecule has 0 aliphatic rings. The van der Waals surface area contributed by atoms with Crippen molar-refractivity contribution in [3.05, 3.63) is 29.6 Å². The summed E-state index contributed by atoms with van der Waals surface area (Å²) in [6, 6.07) is 4.32. The Kier molecular flexibility index (Phi) is 7.01. The highest BCUT2D eigenvalue weighted by atomic mass is 32.2. The van der Waals surface area contributed by atoms with E-state index in [1.165, 1.54) is 4.90 Å². The summed E-state index contributed by atoms with van der Waals surface area (Å²) < 4.78 is 0. The lowest BCUT2D eigenvalue weighted by Crippen LogP contribution is -2.46. The lowest BCUT2D eigenvalue weighted by Gasteiger charge is -2.21. The summed E-state index contributed by atoms with van der Waals surface area (Å²) >= 11 is 1.55. The van der Waals surface area contributed by atoms with Gasteiger partial charge < -0.3 is 15.3 Å². The summed E-state index contributed by atoms with van der Waals surface area (Å²) in [4.78, 5) is 28.9. The lowest BCUT2D eigenvalue weighted by atomic mass is 10.2. The number of thioether (sulfide) groups is 1. The van der Waals surface area contributed by atoms with Gasteiger partial charge in [-0.15, -0.1) is 0 Å². The zero-order valence-corrected chi connectivity index (χ0v) is 13.3. The Balaban J connectivity index is 2.58. The van der Waals surface area contributed by atoms with Crippen LogP contribution in [-0.4, -0.2) is 52.1 Å². The van der Waals surface area contributed by atoms with E-state index < -0.39 is 18.0 Å². The van der Waals surface area contributed by atoms with Gasteiger partial charge in [-0.25, -0.2) is 9.59 Å². The molecule has 0 bridgehead atoms. The van der Waals surface area contributed by atoms with Crippen molar-refractivity contribution >= 4 is 23.8 Å². The number of nitrogens with one attached hydrogen (secondary N) is 1. The van der Waals surface area contributed by atoms with Gasteiger partial charge in [0, 0.05) is 12.7 Å². The smallest absolute Gasteiger partial charge is 0.326 e. The Morgan fingerprint density at radius 3 is 2.76 bits per heavy atom. The minimum Gasteiger partial charge on any atom is -0.480 e. The van der Waals surface area contributed by atoms with Gasteiger partial charge in [-0.05, 0) is 37.5 Å². The van der Waals surface area contributed by atoms with E-state index in [1.54, 1.807) is 18.8 Å². The van der Waals surface area contributed by atoms with Crippen LogP contribution >= 0.6 is 11.8 Å². The third-order valence-electron chi connectivity index (χ3n) is 2.90. The number of rotatable bonds is 7. The molecule has 0 aliphatic heterocycles. The monoisotopic (exact) mass is 311 g/mol. The molecule has 1 aromatic heterocycles. The second-order valence-corrected chi connectivity index (χ2v) is 5.73. The van der Waals surface area contributed by atoms with Gasteiger partial charge in [-0.1, -0.05) is 6.07 Å². The molecular formula is C14H21N3O3S. The van der Waals surface area contributed by atoms with Gasteiger partial charge in [-0.3, -0.25) is 4.98 Å². The number of pyridine rings is 1. The molecule has 0 saturated heterocycles. The zero-order chi connectivity index (χ0) is 15.8. The third kappa shape index (κ3) is 6.03. The van der Waals surface area contributed by atoms with Gasteiger partial charge in [0.15, 0.2) is 0 Å². The van der Waals surface area contributed by atoms with E-state index in [4.69, 9.17) is 5.11 Å². The number of hydrogen-bond donors (Lipinski definition) is 2. The maximum absolute atomic E-state index is 12.0. The first-order chi connectivity index (χ1) is 9.93. The maximum atomic E-state index is 12.0. The van der Waals surface area contributed by atoms with E-state index in [-0.39, 0.29) is 0 Å². The van der Waals surface area contributed by atoms with Crippen molar-refractivity contribution in [2.24, 2.45) is 0 Å². The number of hydrogen-bond acceptors (Lipinski definition) is 4. The lowest BCUT2D eigenvalue weighted by molar-refractivity contribution is -0.139. The predicted molar refractivity (Wildman–Crippen MR) is 83.4 cm³/mol. The van der Waals surface area contributed by atoms with Crippen LogP contribution < -0.4 is 5.32 Å². The molecule has 0 spiro atoms. The molecular weight excluding hydrogens is 290 g/mol. The molecule has 6 nitrogen and oxygen atoms in total. The average molecular weight is 311 g/mol. The summed E-state index contributed by atoms with van der Waals surface area (Å²) in [5.41, 5.74) is 1.65. The van der Waals surface area contributed by atoms with Crippen LogP contribution in [0.25, 0.3) is 0 Å². The normalized spacial score (nSPS) is 11.8. The Labute approximate surface area is 128 Å². The van der Waals surface area contributed by atoms with Crippen LogP contribution in [-0.2, 0) is 11.3 Å². The Morgan fingerprint density at radius 1 is 1.48 bits per heavy atom. The second-order valence-electron chi connectivity index (χ2n) is 4.75. The SMILES string of the molecule is CSCC[C@@H](NC(=O)N(C)Cc1cccc(C)n1)C(=O)O. The van der Waals surface area contributed by atoms with Crippen LogP contribution in [0.1, 0.15) is 17.8 Å². The first-order valence-corrected chi connectivity index (χ1v) is 7.99. The van der Waals surface area contributed by atoms with Crippen LogP contribution in [0.3, 0.4) is 0 Å². The molecule has 2 amide bonds. The van der Waals surface area contributed by atoms with Gasteiger partial charge >= 0.3 is 12.0 Å². The Morgan fingerprint density at radius 2 is 2.19 bits per heavy atom. The third-order valence-corrected chi connectivity index (χ3v) is 3.54. The minimum absolute atomic E-state index is 0.336. The fraction of sp³-hybridized carbons (Fsp3) is 0.500. The largest absolute Gasteiger partial charge is 0.480 e. The molecule has 0 aliphatic carbocycles. The van der Waals surface area contributed by atoms with E-state index in [0.717, 1.165) is 11.4 Å². The molecule has 1 aromatic rings.